The zero-order valence-corrected chi connectivity index (χ0v) is 11.3. The molecule has 4 nitrogen and oxygen atoms in total. The Morgan fingerprint density at radius 2 is 2.19 bits per heavy atom. The van der Waals surface area contributed by atoms with E-state index < -0.39 is 0 Å². The van der Waals surface area contributed by atoms with Crippen LogP contribution in [0.5, 0.6) is 0 Å². The largest absolute Gasteiger partial charge is 0.394 e. The van der Waals surface area contributed by atoms with Gasteiger partial charge in [0, 0.05) is 22.8 Å². The van der Waals surface area contributed by atoms with E-state index in [1.54, 1.807) is 13.0 Å². The summed E-state index contributed by atoms with van der Waals surface area (Å²) in [5.41, 5.74) is 0.599. The zero-order valence-electron chi connectivity index (χ0n) is 9.70. The number of aromatic nitrogens is 1. The smallest absolute Gasteiger partial charge is 0.268 e. The van der Waals surface area contributed by atoms with Crippen LogP contribution in [0.3, 0.4) is 0 Å². The van der Waals surface area contributed by atoms with Crippen LogP contribution in [0.15, 0.2) is 16.7 Å². The second kappa shape index (κ2) is 5.50. The molecular weight excluding hydrogens is 272 g/mol. The third-order valence-electron chi connectivity index (χ3n) is 2.26. The van der Waals surface area contributed by atoms with Crippen molar-refractivity contribution in [3.05, 3.63) is 22.4 Å². The van der Waals surface area contributed by atoms with E-state index >= 15 is 0 Å². The van der Waals surface area contributed by atoms with Crippen LogP contribution < -0.4 is 5.32 Å². The molecule has 0 aromatic carbocycles. The van der Waals surface area contributed by atoms with Crippen molar-refractivity contribution in [1.29, 1.82) is 0 Å². The molecule has 90 valence electrons. The first-order chi connectivity index (χ1) is 7.45. The Kier molecular flexibility index (Phi) is 4.56. The van der Waals surface area contributed by atoms with E-state index in [2.05, 4.69) is 21.2 Å². The Morgan fingerprint density at radius 1 is 1.56 bits per heavy atom. The highest BCUT2D eigenvalue weighted by Gasteiger charge is 2.16. The number of amides is 1. The lowest BCUT2D eigenvalue weighted by Gasteiger charge is -2.15. The van der Waals surface area contributed by atoms with Crippen LogP contribution in [-0.2, 0) is 0 Å². The van der Waals surface area contributed by atoms with Crippen LogP contribution in [-0.4, -0.2) is 28.2 Å². The average Bonchev–Trinajstić information content (AvgIpc) is 2.60. The highest BCUT2D eigenvalue weighted by atomic mass is 79.9. The van der Waals surface area contributed by atoms with Crippen molar-refractivity contribution in [3.8, 4) is 0 Å². The van der Waals surface area contributed by atoms with Crippen LogP contribution >= 0.6 is 15.9 Å². The molecule has 0 unspecified atom stereocenters. The maximum absolute atomic E-state index is 11.9. The summed E-state index contributed by atoms with van der Waals surface area (Å²) < 4.78 is 2.77. The normalized spacial score (nSPS) is 12.9. The first-order valence-electron chi connectivity index (χ1n) is 5.24. The van der Waals surface area contributed by atoms with Crippen LogP contribution in [0, 0.1) is 0 Å². The number of aliphatic hydroxyl groups is 1. The summed E-state index contributed by atoms with van der Waals surface area (Å²) in [7, 11) is 0. The topological polar surface area (TPSA) is 54.3 Å². The summed E-state index contributed by atoms with van der Waals surface area (Å²) in [4.78, 5) is 11.9. The van der Waals surface area contributed by atoms with Crippen molar-refractivity contribution in [2.75, 3.05) is 6.61 Å². The predicted octanol–water partition coefficient (Wildman–Crippen LogP) is 1.94. The molecular formula is C11H17BrN2O2. The fourth-order valence-electron chi connectivity index (χ4n) is 1.40. The van der Waals surface area contributed by atoms with E-state index in [4.69, 9.17) is 5.11 Å². The van der Waals surface area contributed by atoms with E-state index in [1.807, 2.05) is 24.6 Å². The second-order valence-electron chi connectivity index (χ2n) is 4.10. The van der Waals surface area contributed by atoms with Crippen molar-refractivity contribution >= 4 is 21.8 Å². The van der Waals surface area contributed by atoms with Crippen LogP contribution in [0.1, 0.15) is 37.3 Å². The molecule has 1 rings (SSSR count). The molecule has 5 heteroatoms. The third kappa shape index (κ3) is 3.09. The number of nitrogens with zero attached hydrogens (tertiary/aromatic N) is 1. The maximum atomic E-state index is 11.9. The van der Waals surface area contributed by atoms with Gasteiger partial charge in [-0.2, -0.15) is 0 Å². The van der Waals surface area contributed by atoms with Gasteiger partial charge in [-0.25, -0.2) is 0 Å². The quantitative estimate of drug-likeness (QED) is 0.890. The van der Waals surface area contributed by atoms with Crippen molar-refractivity contribution in [3.63, 3.8) is 0 Å². The van der Waals surface area contributed by atoms with Crippen LogP contribution in [0.25, 0.3) is 0 Å². The standard InChI is InChI=1S/C11H17BrN2O2/c1-7(2)14-5-9(12)4-10(14)11(16)13-8(3)6-15/h4-5,7-8,15H,6H2,1-3H3,(H,13,16)/t8-/m1/s1. The molecule has 0 aliphatic rings. The minimum absolute atomic E-state index is 0.0602. The van der Waals surface area contributed by atoms with Crippen molar-refractivity contribution < 1.29 is 9.90 Å². The Morgan fingerprint density at radius 3 is 2.69 bits per heavy atom. The lowest BCUT2D eigenvalue weighted by Crippen LogP contribution is -2.36. The first-order valence-corrected chi connectivity index (χ1v) is 6.04. The van der Waals surface area contributed by atoms with Gasteiger partial charge in [0.2, 0.25) is 0 Å². The van der Waals surface area contributed by atoms with Gasteiger partial charge >= 0.3 is 0 Å². The van der Waals surface area contributed by atoms with Crippen LogP contribution in [0.2, 0.25) is 0 Å². The summed E-state index contributed by atoms with van der Waals surface area (Å²) in [5, 5.41) is 11.6. The Balaban J connectivity index is 2.90. The van der Waals surface area contributed by atoms with Gasteiger partial charge in [0.1, 0.15) is 5.69 Å². The molecule has 0 saturated carbocycles. The van der Waals surface area contributed by atoms with E-state index in [-0.39, 0.29) is 24.6 Å². The molecule has 16 heavy (non-hydrogen) atoms. The summed E-state index contributed by atoms with van der Waals surface area (Å²) >= 11 is 3.35. The molecule has 0 aliphatic heterocycles. The molecule has 0 fully saturated rings. The maximum Gasteiger partial charge on any atom is 0.268 e. The van der Waals surface area contributed by atoms with Gasteiger partial charge in [-0.3, -0.25) is 4.79 Å². The van der Waals surface area contributed by atoms with E-state index in [9.17, 15) is 4.79 Å². The lowest BCUT2D eigenvalue weighted by atomic mass is 10.3. The second-order valence-corrected chi connectivity index (χ2v) is 5.02. The van der Waals surface area contributed by atoms with E-state index in [1.165, 1.54) is 0 Å². The number of hydrogen-bond acceptors (Lipinski definition) is 2. The molecule has 1 atom stereocenters. The predicted molar refractivity (Wildman–Crippen MR) is 66.5 cm³/mol. The first kappa shape index (κ1) is 13.3. The number of rotatable bonds is 4. The summed E-state index contributed by atoms with van der Waals surface area (Å²) in [5.74, 6) is -0.166. The van der Waals surface area contributed by atoms with E-state index in [0.717, 1.165) is 4.47 Å². The van der Waals surface area contributed by atoms with Gasteiger partial charge in [-0.05, 0) is 42.8 Å². The molecule has 0 bridgehead atoms. The van der Waals surface area contributed by atoms with Gasteiger partial charge in [0.25, 0.3) is 5.91 Å². The average molecular weight is 289 g/mol. The Labute approximate surface area is 104 Å². The highest BCUT2D eigenvalue weighted by molar-refractivity contribution is 9.10. The Bertz CT molecular complexity index is 374. The van der Waals surface area contributed by atoms with Gasteiger partial charge in [-0.1, -0.05) is 0 Å². The molecule has 1 aromatic heterocycles. The number of aliphatic hydroxyl groups excluding tert-OH is 1. The van der Waals surface area contributed by atoms with Gasteiger partial charge in [0.05, 0.1) is 6.61 Å². The number of carbonyl (C=O) groups is 1. The van der Waals surface area contributed by atoms with Gasteiger partial charge < -0.3 is 15.0 Å². The molecule has 1 aromatic rings. The van der Waals surface area contributed by atoms with Crippen LogP contribution in [0.4, 0.5) is 0 Å². The molecule has 0 spiro atoms. The fraction of sp³-hybridized carbons (Fsp3) is 0.545. The third-order valence-corrected chi connectivity index (χ3v) is 2.69. The molecule has 0 radical (unpaired) electrons. The summed E-state index contributed by atoms with van der Waals surface area (Å²) in [6.07, 6.45) is 1.88. The van der Waals surface area contributed by atoms with Crippen molar-refractivity contribution in [1.82, 2.24) is 9.88 Å². The minimum Gasteiger partial charge on any atom is -0.394 e. The molecule has 1 amide bonds. The molecule has 0 aliphatic carbocycles. The van der Waals surface area contributed by atoms with Gasteiger partial charge in [0.15, 0.2) is 0 Å². The molecule has 2 N–H and O–H groups in total. The van der Waals surface area contributed by atoms with Gasteiger partial charge in [-0.15, -0.1) is 0 Å². The summed E-state index contributed by atoms with van der Waals surface area (Å²) in [6.45, 7) is 5.72. The SMILES string of the molecule is CC(C)n1cc(Br)cc1C(=O)N[C@H](C)CO. The number of halogens is 1. The van der Waals surface area contributed by atoms with E-state index in [0.29, 0.717) is 5.69 Å². The number of hydrogen-bond donors (Lipinski definition) is 2. The highest BCUT2D eigenvalue weighted by Crippen LogP contribution is 2.19. The number of nitrogens with one attached hydrogen (secondary N) is 1. The molecule has 1 heterocycles. The lowest BCUT2D eigenvalue weighted by molar-refractivity contribution is 0.0911. The van der Waals surface area contributed by atoms with Crippen molar-refractivity contribution in [2.24, 2.45) is 0 Å². The molecule has 0 saturated heterocycles. The summed E-state index contributed by atoms with van der Waals surface area (Å²) in [6, 6.07) is 1.76. The Hall–Kier alpha value is -0.810. The number of carbonyl (C=O) groups excluding carboxylic acids is 1. The van der Waals surface area contributed by atoms with Crippen molar-refractivity contribution in [2.45, 2.75) is 32.9 Å². The monoisotopic (exact) mass is 288 g/mol. The fourth-order valence-corrected chi connectivity index (χ4v) is 1.84. The zero-order chi connectivity index (χ0) is 12.3. The minimum atomic E-state index is -0.234.